The molecular weight excluding hydrogens is 352 g/mol. The van der Waals surface area contributed by atoms with E-state index in [0.717, 1.165) is 28.4 Å². The molecule has 0 radical (unpaired) electrons. The van der Waals surface area contributed by atoms with Gasteiger partial charge in [0.05, 0.1) is 20.8 Å². The highest BCUT2D eigenvalue weighted by molar-refractivity contribution is 5.55. The first-order valence-corrected chi connectivity index (χ1v) is 9.35. The first kappa shape index (κ1) is 18.2. The lowest BCUT2D eigenvalue weighted by Gasteiger charge is -2.35. The average Bonchev–Trinajstić information content (AvgIpc) is 2.76. The fraction of sp³-hybridized carbons (Fsp3) is 0.250. The van der Waals surface area contributed by atoms with E-state index < -0.39 is 0 Å². The molecule has 4 rings (SSSR count). The maximum Gasteiger partial charge on any atom is 0.129 e. The Bertz CT molecular complexity index is 961. The molecule has 2 atom stereocenters. The minimum Gasteiger partial charge on any atom is -0.508 e. The summed E-state index contributed by atoms with van der Waals surface area (Å²) < 4.78 is 16.8. The van der Waals surface area contributed by atoms with Crippen LogP contribution in [0.15, 0.2) is 60.7 Å². The van der Waals surface area contributed by atoms with Gasteiger partial charge in [0.2, 0.25) is 0 Å². The first-order valence-electron chi connectivity index (χ1n) is 9.35. The molecule has 1 aliphatic rings. The number of benzene rings is 3. The normalized spacial score (nSPS) is 18.1. The topological polar surface area (TPSA) is 47.9 Å². The van der Waals surface area contributed by atoms with Gasteiger partial charge < -0.3 is 19.3 Å². The Morgan fingerprint density at radius 2 is 1.39 bits per heavy atom. The van der Waals surface area contributed by atoms with Crippen molar-refractivity contribution in [3.8, 4) is 23.0 Å². The second-order valence-electron chi connectivity index (χ2n) is 7.07. The molecule has 1 N–H and O–H groups in total. The van der Waals surface area contributed by atoms with Crippen molar-refractivity contribution in [1.82, 2.24) is 0 Å². The van der Waals surface area contributed by atoms with Crippen molar-refractivity contribution in [3.63, 3.8) is 0 Å². The lowest BCUT2D eigenvalue weighted by Crippen LogP contribution is -2.25. The summed E-state index contributed by atoms with van der Waals surface area (Å²) in [6.07, 6.45) is 0. The van der Waals surface area contributed by atoms with Gasteiger partial charge in [0, 0.05) is 23.0 Å². The molecule has 0 saturated heterocycles. The highest BCUT2D eigenvalue weighted by Crippen LogP contribution is 2.48. The molecule has 0 amide bonds. The summed E-state index contributed by atoms with van der Waals surface area (Å²) in [5, 5.41) is 10.1. The van der Waals surface area contributed by atoms with E-state index in [4.69, 9.17) is 14.2 Å². The molecule has 0 aliphatic carbocycles. The van der Waals surface area contributed by atoms with Crippen LogP contribution in [0.5, 0.6) is 23.0 Å². The molecule has 0 fully saturated rings. The zero-order chi connectivity index (χ0) is 19.7. The number of ether oxygens (including phenoxy) is 3. The van der Waals surface area contributed by atoms with Crippen LogP contribution < -0.4 is 14.2 Å². The zero-order valence-electron chi connectivity index (χ0n) is 16.3. The van der Waals surface area contributed by atoms with E-state index in [1.165, 1.54) is 11.1 Å². The van der Waals surface area contributed by atoms with Gasteiger partial charge in [-0.2, -0.15) is 0 Å². The Hall–Kier alpha value is -3.14. The molecule has 0 aromatic heterocycles. The van der Waals surface area contributed by atoms with Gasteiger partial charge in [0.1, 0.15) is 23.0 Å². The van der Waals surface area contributed by atoms with Crippen LogP contribution in [0, 0.1) is 6.92 Å². The van der Waals surface area contributed by atoms with Crippen LogP contribution >= 0.6 is 0 Å². The van der Waals surface area contributed by atoms with Crippen LogP contribution in [0.1, 0.15) is 34.1 Å². The molecule has 0 spiro atoms. The molecule has 144 valence electrons. The summed E-state index contributed by atoms with van der Waals surface area (Å²) in [5.74, 6) is 2.97. The smallest absolute Gasteiger partial charge is 0.129 e. The molecule has 28 heavy (non-hydrogen) atoms. The Labute approximate surface area is 165 Å². The van der Waals surface area contributed by atoms with E-state index in [1.807, 2.05) is 37.3 Å². The standard InChI is InChI=1S/C24H24O4/c1-15-22(25)13-12-20-23(17-6-10-19(27-3)11-7-17)21(14-28-24(15)20)16-4-8-18(26-2)9-5-16/h4-13,21,23,25H,14H2,1-3H3. The van der Waals surface area contributed by atoms with E-state index in [-0.39, 0.29) is 17.6 Å². The van der Waals surface area contributed by atoms with Crippen LogP contribution in [0.2, 0.25) is 0 Å². The van der Waals surface area contributed by atoms with Gasteiger partial charge in [-0.25, -0.2) is 0 Å². The minimum atomic E-state index is 0.113. The summed E-state index contributed by atoms with van der Waals surface area (Å²) in [6.45, 7) is 2.44. The van der Waals surface area contributed by atoms with E-state index in [9.17, 15) is 5.11 Å². The second-order valence-corrected chi connectivity index (χ2v) is 7.07. The van der Waals surface area contributed by atoms with Crippen molar-refractivity contribution in [1.29, 1.82) is 0 Å². The summed E-state index contributed by atoms with van der Waals surface area (Å²) in [4.78, 5) is 0. The minimum absolute atomic E-state index is 0.113. The van der Waals surface area contributed by atoms with E-state index in [0.29, 0.717) is 6.61 Å². The lowest BCUT2D eigenvalue weighted by molar-refractivity contribution is 0.245. The van der Waals surface area contributed by atoms with Gasteiger partial charge in [-0.1, -0.05) is 30.3 Å². The Morgan fingerprint density at radius 3 is 1.96 bits per heavy atom. The molecule has 1 aliphatic heterocycles. The van der Waals surface area contributed by atoms with Crippen molar-refractivity contribution >= 4 is 0 Å². The van der Waals surface area contributed by atoms with Crippen LogP contribution in [0.3, 0.4) is 0 Å². The maximum absolute atomic E-state index is 10.1. The van der Waals surface area contributed by atoms with Crippen molar-refractivity contribution in [3.05, 3.63) is 82.9 Å². The fourth-order valence-electron chi connectivity index (χ4n) is 3.99. The first-order chi connectivity index (χ1) is 13.6. The molecular formula is C24H24O4. The number of rotatable bonds is 4. The highest BCUT2D eigenvalue weighted by atomic mass is 16.5. The van der Waals surface area contributed by atoms with Crippen LogP contribution in [0.25, 0.3) is 0 Å². The molecule has 3 aromatic carbocycles. The summed E-state index contributed by atoms with van der Waals surface area (Å²) >= 11 is 0. The molecule has 1 heterocycles. The number of hydrogen-bond acceptors (Lipinski definition) is 4. The maximum atomic E-state index is 10.1. The second kappa shape index (κ2) is 7.47. The molecule has 4 nitrogen and oxygen atoms in total. The van der Waals surface area contributed by atoms with Crippen LogP contribution in [0.4, 0.5) is 0 Å². The monoisotopic (exact) mass is 376 g/mol. The fourth-order valence-corrected chi connectivity index (χ4v) is 3.99. The third kappa shape index (κ3) is 3.15. The van der Waals surface area contributed by atoms with Crippen molar-refractivity contribution in [2.45, 2.75) is 18.8 Å². The predicted octanol–water partition coefficient (Wildman–Crippen LogP) is 5.03. The van der Waals surface area contributed by atoms with Gasteiger partial charge in [-0.3, -0.25) is 0 Å². The van der Waals surface area contributed by atoms with Crippen LogP contribution in [-0.4, -0.2) is 25.9 Å². The Balaban J connectivity index is 1.83. The predicted molar refractivity (Wildman–Crippen MR) is 109 cm³/mol. The largest absolute Gasteiger partial charge is 0.508 e. The average molecular weight is 376 g/mol. The molecule has 0 saturated carbocycles. The van der Waals surface area contributed by atoms with E-state index >= 15 is 0 Å². The zero-order valence-corrected chi connectivity index (χ0v) is 16.3. The summed E-state index contributed by atoms with van der Waals surface area (Å²) in [6, 6.07) is 20.1. The molecule has 3 aromatic rings. The molecule has 4 heteroatoms. The number of phenolic OH excluding ortho intramolecular Hbond substituents is 1. The van der Waals surface area contributed by atoms with Gasteiger partial charge in [-0.15, -0.1) is 0 Å². The summed E-state index contributed by atoms with van der Waals surface area (Å²) in [7, 11) is 3.34. The van der Waals surface area contributed by atoms with Gasteiger partial charge in [0.15, 0.2) is 0 Å². The number of aromatic hydroxyl groups is 1. The van der Waals surface area contributed by atoms with Crippen molar-refractivity contribution in [2.75, 3.05) is 20.8 Å². The van der Waals surface area contributed by atoms with Gasteiger partial charge in [0.25, 0.3) is 0 Å². The quantitative estimate of drug-likeness (QED) is 0.694. The number of fused-ring (bicyclic) bond motifs is 1. The van der Waals surface area contributed by atoms with Crippen molar-refractivity contribution in [2.24, 2.45) is 0 Å². The number of phenols is 1. The molecule has 0 bridgehead atoms. The van der Waals surface area contributed by atoms with Crippen LogP contribution in [-0.2, 0) is 0 Å². The van der Waals surface area contributed by atoms with Gasteiger partial charge >= 0.3 is 0 Å². The Morgan fingerprint density at radius 1 is 0.821 bits per heavy atom. The highest BCUT2D eigenvalue weighted by Gasteiger charge is 2.34. The number of hydrogen-bond donors (Lipinski definition) is 1. The van der Waals surface area contributed by atoms with Crippen molar-refractivity contribution < 1.29 is 19.3 Å². The van der Waals surface area contributed by atoms with Gasteiger partial charge in [-0.05, 0) is 48.4 Å². The van der Waals surface area contributed by atoms with E-state index in [2.05, 4.69) is 24.3 Å². The van der Waals surface area contributed by atoms with E-state index in [1.54, 1.807) is 20.3 Å². The lowest BCUT2D eigenvalue weighted by atomic mass is 9.75. The summed E-state index contributed by atoms with van der Waals surface area (Å²) in [5.41, 5.74) is 4.26. The molecule has 2 unspecified atom stereocenters. The SMILES string of the molecule is COc1ccc(C2COc3c(ccc(O)c3C)C2c2ccc(OC)cc2)cc1. The third-order valence-corrected chi connectivity index (χ3v) is 5.57. The number of methoxy groups -OCH3 is 2. The Kier molecular flexibility index (Phi) is 4.86. The third-order valence-electron chi connectivity index (χ3n) is 5.57.